The molecule has 2 aromatic carbocycles. The Morgan fingerprint density at radius 2 is 1.94 bits per heavy atom. The first-order valence-electron chi connectivity index (χ1n) is 9.99. The molecule has 0 atom stereocenters. The minimum Gasteiger partial charge on any atom is -0.492 e. The Labute approximate surface area is 179 Å². The zero-order valence-electron chi connectivity index (χ0n) is 16.8. The van der Waals surface area contributed by atoms with Crippen molar-refractivity contribution in [3.63, 3.8) is 0 Å². The van der Waals surface area contributed by atoms with Gasteiger partial charge in [0.1, 0.15) is 29.7 Å². The Hall–Kier alpha value is -3.87. The first-order valence-corrected chi connectivity index (χ1v) is 9.99. The van der Waals surface area contributed by atoms with Crippen molar-refractivity contribution in [2.24, 2.45) is 0 Å². The van der Waals surface area contributed by atoms with E-state index >= 15 is 0 Å². The molecule has 4 rings (SSSR count). The number of furan rings is 1. The van der Waals surface area contributed by atoms with Crippen LogP contribution in [0.4, 0.5) is 10.1 Å². The molecule has 31 heavy (non-hydrogen) atoms. The fourth-order valence-electron chi connectivity index (χ4n) is 3.10. The Bertz CT molecular complexity index is 1120. The SMILES string of the molecule is O=C(CCc1ccc(-c2ccccc2F)o1)Nc1ccc(OCCn2ccnc2)cc1. The smallest absolute Gasteiger partial charge is 0.224 e. The van der Waals surface area contributed by atoms with E-state index < -0.39 is 0 Å². The molecule has 7 heteroatoms. The lowest BCUT2D eigenvalue weighted by molar-refractivity contribution is -0.116. The molecule has 0 radical (unpaired) electrons. The second-order valence-corrected chi connectivity index (χ2v) is 6.97. The van der Waals surface area contributed by atoms with Crippen molar-refractivity contribution >= 4 is 11.6 Å². The van der Waals surface area contributed by atoms with Gasteiger partial charge in [-0.05, 0) is 48.5 Å². The summed E-state index contributed by atoms with van der Waals surface area (Å²) in [6.07, 6.45) is 6.03. The van der Waals surface area contributed by atoms with Crippen LogP contribution in [0.3, 0.4) is 0 Å². The van der Waals surface area contributed by atoms with Crippen LogP contribution in [0.5, 0.6) is 5.75 Å². The van der Waals surface area contributed by atoms with Gasteiger partial charge in [-0.2, -0.15) is 0 Å². The average Bonchev–Trinajstić information content (AvgIpc) is 3.46. The number of imidazole rings is 1. The highest BCUT2D eigenvalue weighted by atomic mass is 19.1. The third-order valence-corrected chi connectivity index (χ3v) is 4.71. The van der Waals surface area contributed by atoms with Crippen molar-refractivity contribution < 1.29 is 18.3 Å². The van der Waals surface area contributed by atoms with Gasteiger partial charge in [0.2, 0.25) is 5.91 Å². The van der Waals surface area contributed by atoms with Crippen LogP contribution < -0.4 is 10.1 Å². The second-order valence-electron chi connectivity index (χ2n) is 6.97. The molecule has 0 spiro atoms. The van der Waals surface area contributed by atoms with Crippen molar-refractivity contribution in [1.82, 2.24) is 9.55 Å². The van der Waals surface area contributed by atoms with E-state index in [4.69, 9.17) is 9.15 Å². The van der Waals surface area contributed by atoms with Crippen molar-refractivity contribution in [2.45, 2.75) is 19.4 Å². The first kappa shape index (κ1) is 20.4. The Morgan fingerprint density at radius 3 is 2.71 bits per heavy atom. The molecule has 0 aliphatic heterocycles. The molecule has 2 heterocycles. The maximum Gasteiger partial charge on any atom is 0.224 e. The van der Waals surface area contributed by atoms with E-state index in [0.717, 1.165) is 5.75 Å². The number of benzene rings is 2. The van der Waals surface area contributed by atoms with Crippen LogP contribution in [0, 0.1) is 5.82 Å². The molecule has 4 aromatic rings. The van der Waals surface area contributed by atoms with Crippen LogP contribution in [0.25, 0.3) is 11.3 Å². The van der Waals surface area contributed by atoms with E-state index in [9.17, 15) is 9.18 Å². The number of halogens is 1. The van der Waals surface area contributed by atoms with Gasteiger partial charge in [0.15, 0.2) is 0 Å². The summed E-state index contributed by atoms with van der Waals surface area (Å²) in [5.41, 5.74) is 1.10. The highest BCUT2D eigenvalue weighted by molar-refractivity contribution is 5.90. The van der Waals surface area contributed by atoms with Crippen molar-refractivity contribution in [1.29, 1.82) is 0 Å². The molecule has 0 unspecified atom stereocenters. The van der Waals surface area contributed by atoms with E-state index in [-0.39, 0.29) is 18.1 Å². The molecule has 0 bridgehead atoms. The Balaban J connectivity index is 1.23. The highest BCUT2D eigenvalue weighted by Gasteiger charge is 2.11. The maximum absolute atomic E-state index is 13.9. The molecule has 1 N–H and O–H groups in total. The van der Waals surface area contributed by atoms with Crippen LogP contribution >= 0.6 is 0 Å². The zero-order chi connectivity index (χ0) is 21.5. The lowest BCUT2D eigenvalue weighted by atomic mass is 10.1. The standard InChI is InChI=1S/C24H22FN3O3/c25-22-4-2-1-3-21(22)23-11-9-20(31-23)10-12-24(29)27-18-5-7-19(8-6-18)30-16-15-28-14-13-26-17-28/h1-9,11,13-14,17H,10,12,15-16H2,(H,27,29). The van der Waals surface area contributed by atoms with Crippen LogP contribution in [-0.2, 0) is 17.8 Å². The van der Waals surface area contributed by atoms with Crippen LogP contribution in [0.15, 0.2) is 83.8 Å². The number of hydrogen-bond acceptors (Lipinski definition) is 4. The van der Waals surface area contributed by atoms with Crippen LogP contribution in [0.1, 0.15) is 12.2 Å². The van der Waals surface area contributed by atoms with Gasteiger partial charge in [-0.1, -0.05) is 12.1 Å². The Kier molecular flexibility index (Phi) is 6.42. The number of carbonyl (C=O) groups excluding carboxylic acids is 1. The molecule has 0 aliphatic rings. The van der Waals surface area contributed by atoms with Gasteiger partial charge in [-0.25, -0.2) is 9.37 Å². The Morgan fingerprint density at radius 1 is 1.10 bits per heavy atom. The molecule has 6 nitrogen and oxygen atoms in total. The summed E-state index contributed by atoms with van der Waals surface area (Å²) in [5, 5.41) is 2.86. The predicted molar refractivity (Wildman–Crippen MR) is 115 cm³/mol. The molecule has 2 aromatic heterocycles. The third kappa shape index (κ3) is 5.60. The highest BCUT2D eigenvalue weighted by Crippen LogP contribution is 2.25. The van der Waals surface area contributed by atoms with Gasteiger partial charge in [-0.15, -0.1) is 0 Å². The van der Waals surface area contributed by atoms with Gasteiger partial charge < -0.3 is 19.0 Å². The van der Waals surface area contributed by atoms with Crippen LogP contribution in [-0.4, -0.2) is 22.1 Å². The molecule has 1 amide bonds. The number of nitrogens with zero attached hydrogens (tertiary/aromatic N) is 2. The molecule has 0 saturated heterocycles. The van der Waals surface area contributed by atoms with Gasteiger partial charge in [0.25, 0.3) is 0 Å². The lowest BCUT2D eigenvalue weighted by Crippen LogP contribution is -2.12. The number of hydrogen-bond donors (Lipinski definition) is 1. The summed E-state index contributed by atoms with van der Waals surface area (Å²) < 4.78 is 27.2. The van der Waals surface area contributed by atoms with E-state index in [0.29, 0.717) is 42.3 Å². The minimum atomic E-state index is -0.338. The fourth-order valence-corrected chi connectivity index (χ4v) is 3.10. The topological polar surface area (TPSA) is 69.3 Å². The average molecular weight is 419 g/mol. The van der Waals surface area contributed by atoms with E-state index in [1.807, 2.05) is 22.9 Å². The molecular weight excluding hydrogens is 397 g/mol. The second kappa shape index (κ2) is 9.75. The van der Waals surface area contributed by atoms with E-state index in [1.54, 1.807) is 55.0 Å². The number of anilines is 1. The molecular formula is C24H22FN3O3. The summed E-state index contributed by atoms with van der Waals surface area (Å²) in [7, 11) is 0. The minimum absolute atomic E-state index is 0.127. The van der Waals surface area contributed by atoms with Crippen LogP contribution in [0.2, 0.25) is 0 Å². The zero-order valence-corrected chi connectivity index (χ0v) is 16.8. The monoisotopic (exact) mass is 419 g/mol. The number of amides is 1. The quantitative estimate of drug-likeness (QED) is 0.418. The maximum atomic E-state index is 13.9. The molecule has 158 valence electrons. The van der Waals surface area contributed by atoms with Crippen molar-refractivity contribution in [3.05, 3.63) is 91.0 Å². The number of rotatable bonds is 9. The van der Waals surface area contributed by atoms with Gasteiger partial charge in [-0.3, -0.25) is 4.79 Å². The lowest BCUT2D eigenvalue weighted by Gasteiger charge is -2.08. The number of aryl methyl sites for hydroxylation is 1. The number of nitrogens with one attached hydrogen (secondary N) is 1. The fraction of sp³-hybridized carbons (Fsp3) is 0.167. The molecule has 0 saturated carbocycles. The van der Waals surface area contributed by atoms with Gasteiger partial charge in [0, 0.05) is 30.9 Å². The summed E-state index contributed by atoms with van der Waals surface area (Å²) in [6, 6.07) is 17.2. The normalized spacial score (nSPS) is 10.7. The first-order chi connectivity index (χ1) is 15.2. The number of carbonyl (C=O) groups is 1. The predicted octanol–water partition coefficient (Wildman–Crippen LogP) is 4.93. The summed E-state index contributed by atoms with van der Waals surface area (Å²) in [6.45, 7) is 1.24. The van der Waals surface area contributed by atoms with E-state index in [2.05, 4.69) is 10.3 Å². The largest absolute Gasteiger partial charge is 0.492 e. The summed E-state index contributed by atoms with van der Waals surface area (Å²) in [4.78, 5) is 16.2. The molecule has 0 aliphatic carbocycles. The van der Waals surface area contributed by atoms with E-state index in [1.165, 1.54) is 6.07 Å². The summed E-state index contributed by atoms with van der Waals surface area (Å²) >= 11 is 0. The van der Waals surface area contributed by atoms with Gasteiger partial charge >= 0.3 is 0 Å². The number of ether oxygens (including phenoxy) is 1. The third-order valence-electron chi connectivity index (χ3n) is 4.71. The summed E-state index contributed by atoms with van der Waals surface area (Å²) in [5.74, 6) is 1.36. The molecule has 0 fully saturated rings. The van der Waals surface area contributed by atoms with Gasteiger partial charge in [0.05, 0.1) is 18.4 Å². The van der Waals surface area contributed by atoms with Crippen molar-refractivity contribution in [2.75, 3.05) is 11.9 Å². The van der Waals surface area contributed by atoms with Crippen molar-refractivity contribution in [3.8, 4) is 17.1 Å². The number of aromatic nitrogens is 2.